The first-order valence-electron chi connectivity index (χ1n) is 8.58. The Bertz CT molecular complexity index is 400. The molecule has 2 unspecified atom stereocenters. The van der Waals surface area contributed by atoms with Crippen LogP contribution in [0.1, 0.15) is 53.4 Å². The Morgan fingerprint density at radius 3 is 2.35 bits per heavy atom. The third kappa shape index (κ3) is 6.73. The smallest absolute Gasteiger partial charge is 0.335 e. The van der Waals surface area contributed by atoms with Crippen molar-refractivity contribution in [2.45, 2.75) is 71.6 Å². The first-order chi connectivity index (χ1) is 10.8. The molecule has 23 heavy (non-hydrogen) atoms. The van der Waals surface area contributed by atoms with Crippen LogP contribution in [0.15, 0.2) is 12.7 Å². The lowest BCUT2D eigenvalue weighted by Gasteiger charge is -2.29. The number of ether oxygens (including phenoxy) is 2. The summed E-state index contributed by atoms with van der Waals surface area (Å²) < 4.78 is 10.6. The van der Waals surface area contributed by atoms with Gasteiger partial charge >= 0.3 is 5.97 Å². The molecule has 1 saturated carbocycles. The van der Waals surface area contributed by atoms with Crippen LogP contribution in [0, 0.1) is 11.8 Å². The summed E-state index contributed by atoms with van der Waals surface area (Å²) in [6.07, 6.45) is 4.32. The molecule has 0 radical (unpaired) electrons. The van der Waals surface area contributed by atoms with Gasteiger partial charge in [0.2, 0.25) is 0 Å². The third-order valence-electron chi connectivity index (χ3n) is 4.27. The molecule has 0 saturated heterocycles. The van der Waals surface area contributed by atoms with Crippen LogP contribution in [0.3, 0.4) is 0 Å². The van der Waals surface area contributed by atoms with E-state index in [0.717, 1.165) is 31.6 Å². The maximum atomic E-state index is 12.5. The summed E-state index contributed by atoms with van der Waals surface area (Å²) >= 11 is 0. The van der Waals surface area contributed by atoms with Gasteiger partial charge in [0, 0.05) is 6.04 Å². The monoisotopic (exact) mass is 325 g/mol. The summed E-state index contributed by atoms with van der Waals surface area (Å²) in [6.45, 7) is 11.4. The molecule has 0 spiro atoms. The lowest BCUT2D eigenvalue weighted by Crippen LogP contribution is -2.47. The van der Waals surface area contributed by atoms with Crippen molar-refractivity contribution in [1.82, 2.24) is 5.32 Å². The second kappa shape index (κ2) is 9.71. The number of carbonyl (C=O) groups is 2. The van der Waals surface area contributed by atoms with Crippen molar-refractivity contribution < 1.29 is 19.1 Å². The van der Waals surface area contributed by atoms with Crippen LogP contribution in [-0.4, -0.2) is 36.7 Å². The minimum atomic E-state index is -0.781. The number of nitrogens with one attached hydrogen (secondary N) is 1. The lowest BCUT2D eigenvalue weighted by molar-refractivity contribution is -0.168. The van der Waals surface area contributed by atoms with Crippen LogP contribution in [0.5, 0.6) is 0 Å². The Morgan fingerprint density at radius 1 is 1.22 bits per heavy atom. The molecular weight excluding hydrogens is 294 g/mol. The van der Waals surface area contributed by atoms with E-state index in [4.69, 9.17) is 9.47 Å². The van der Waals surface area contributed by atoms with Crippen LogP contribution in [-0.2, 0) is 19.1 Å². The van der Waals surface area contributed by atoms with Crippen molar-refractivity contribution in [3.05, 3.63) is 12.7 Å². The Labute approximate surface area is 139 Å². The molecule has 0 bridgehead atoms. The highest BCUT2D eigenvalue weighted by molar-refractivity contribution is 5.85. The molecule has 2 atom stereocenters. The fourth-order valence-corrected chi connectivity index (χ4v) is 2.68. The van der Waals surface area contributed by atoms with Crippen molar-refractivity contribution in [3.63, 3.8) is 0 Å². The van der Waals surface area contributed by atoms with Gasteiger partial charge in [0.15, 0.2) is 12.2 Å². The van der Waals surface area contributed by atoms with Crippen molar-refractivity contribution in [3.8, 4) is 0 Å². The van der Waals surface area contributed by atoms with E-state index >= 15 is 0 Å². The first kappa shape index (κ1) is 19.7. The van der Waals surface area contributed by atoms with E-state index in [1.165, 1.54) is 0 Å². The summed E-state index contributed by atoms with van der Waals surface area (Å²) in [6, 6.07) is 0.188. The van der Waals surface area contributed by atoms with Crippen molar-refractivity contribution in [2.75, 3.05) is 6.61 Å². The van der Waals surface area contributed by atoms with Crippen molar-refractivity contribution in [1.29, 1.82) is 0 Å². The van der Waals surface area contributed by atoms with E-state index in [9.17, 15) is 9.59 Å². The summed E-state index contributed by atoms with van der Waals surface area (Å²) in [4.78, 5) is 24.5. The molecule has 1 aliphatic carbocycles. The normalized spacial score (nSPS) is 23.9. The highest BCUT2D eigenvalue weighted by Gasteiger charge is 2.30. The highest BCUT2D eigenvalue weighted by atomic mass is 16.6. The topological polar surface area (TPSA) is 64.6 Å². The van der Waals surface area contributed by atoms with E-state index in [1.54, 1.807) is 13.0 Å². The number of hydrogen-bond donors (Lipinski definition) is 1. The average molecular weight is 325 g/mol. The average Bonchev–Trinajstić information content (AvgIpc) is 2.51. The predicted octanol–water partition coefficient (Wildman–Crippen LogP) is 2.84. The zero-order chi connectivity index (χ0) is 17.4. The number of esters is 1. The molecule has 0 aromatic carbocycles. The van der Waals surface area contributed by atoms with Gasteiger partial charge in [-0.2, -0.15) is 0 Å². The van der Waals surface area contributed by atoms with Gasteiger partial charge in [0.05, 0.1) is 6.61 Å². The fraction of sp³-hybridized carbons (Fsp3) is 0.778. The van der Waals surface area contributed by atoms with Crippen molar-refractivity contribution >= 4 is 11.9 Å². The van der Waals surface area contributed by atoms with Crippen LogP contribution >= 0.6 is 0 Å². The minimum absolute atomic E-state index is 0.0898. The fourth-order valence-electron chi connectivity index (χ4n) is 2.68. The molecule has 1 N–H and O–H groups in total. The van der Waals surface area contributed by atoms with Crippen LogP contribution in [0.4, 0.5) is 0 Å². The van der Waals surface area contributed by atoms with E-state index in [0.29, 0.717) is 0 Å². The molecule has 1 fully saturated rings. The Balaban J connectivity index is 2.54. The SMILES string of the molecule is C=CCOC(C)C(=O)OC(C(=O)NC1CCC(C)CC1)C(C)C. The van der Waals surface area contributed by atoms with Gasteiger partial charge in [-0.25, -0.2) is 4.79 Å². The van der Waals surface area contributed by atoms with Gasteiger partial charge in [0.1, 0.15) is 0 Å². The maximum absolute atomic E-state index is 12.5. The van der Waals surface area contributed by atoms with Gasteiger partial charge in [-0.1, -0.05) is 26.8 Å². The highest BCUT2D eigenvalue weighted by Crippen LogP contribution is 2.23. The van der Waals surface area contributed by atoms with Crippen LogP contribution < -0.4 is 5.32 Å². The Kier molecular flexibility index (Phi) is 8.31. The standard InChI is InChI=1S/C18H31NO4/c1-6-11-22-14(5)18(21)23-16(12(2)3)17(20)19-15-9-7-13(4)8-10-15/h6,12-16H,1,7-11H2,2-5H3,(H,19,20). The van der Waals surface area contributed by atoms with Gasteiger partial charge in [-0.3, -0.25) is 4.79 Å². The summed E-state index contributed by atoms with van der Waals surface area (Å²) in [7, 11) is 0. The van der Waals surface area contributed by atoms with Gasteiger partial charge in [0.25, 0.3) is 5.91 Å². The largest absolute Gasteiger partial charge is 0.450 e. The molecule has 1 aliphatic rings. The van der Waals surface area contributed by atoms with Crippen LogP contribution in [0.25, 0.3) is 0 Å². The molecule has 5 heteroatoms. The van der Waals surface area contributed by atoms with E-state index in [2.05, 4.69) is 18.8 Å². The molecule has 5 nitrogen and oxygen atoms in total. The molecule has 0 aliphatic heterocycles. The molecule has 0 heterocycles. The zero-order valence-corrected chi connectivity index (χ0v) is 14.8. The molecule has 1 rings (SSSR count). The third-order valence-corrected chi connectivity index (χ3v) is 4.27. The molecule has 0 aromatic heterocycles. The number of carbonyl (C=O) groups excluding carboxylic acids is 2. The summed E-state index contributed by atoms with van der Waals surface area (Å²) in [5, 5.41) is 3.04. The van der Waals surface area contributed by atoms with Crippen molar-refractivity contribution in [2.24, 2.45) is 11.8 Å². The van der Waals surface area contributed by atoms with Gasteiger partial charge < -0.3 is 14.8 Å². The number of rotatable bonds is 8. The molecular formula is C18H31NO4. The molecule has 132 valence electrons. The zero-order valence-electron chi connectivity index (χ0n) is 14.8. The maximum Gasteiger partial charge on any atom is 0.335 e. The lowest BCUT2D eigenvalue weighted by atomic mass is 9.87. The Morgan fingerprint density at radius 2 is 1.83 bits per heavy atom. The number of amides is 1. The summed E-state index contributed by atoms with van der Waals surface area (Å²) in [5.74, 6) is -0.0837. The Hall–Kier alpha value is -1.36. The predicted molar refractivity (Wildman–Crippen MR) is 89.9 cm³/mol. The molecule has 0 aromatic rings. The van der Waals surface area contributed by atoms with E-state index in [1.807, 2.05) is 13.8 Å². The second-order valence-electron chi connectivity index (χ2n) is 6.83. The van der Waals surface area contributed by atoms with E-state index < -0.39 is 18.2 Å². The molecule has 1 amide bonds. The second-order valence-corrected chi connectivity index (χ2v) is 6.83. The first-order valence-corrected chi connectivity index (χ1v) is 8.58. The number of hydrogen-bond acceptors (Lipinski definition) is 4. The quantitative estimate of drug-likeness (QED) is 0.550. The minimum Gasteiger partial charge on any atom is -0.450 e. The van der Waals surface area contributed by atoms with Gasteiger partial charge in [-0.05, 0) is 44.4 Å². The van der Waals surface area contributed by atoms with E-state index in [-0.39, 0.29) is 24.5 Å². The van der Waals surface area contributed by atoms with Crippen LogP contribution in [0.2, 0.25) is 0 Å². The van der Waals surface area contributed by atoms with Gasteiger partial charge in [-0.15, -0.1) is 6.58 Å². The summed E-state index contributed by atoms with van der Waals surface area (Å²) in [5.41, 5.74) is 0.